The monoisotopic (exact) mass is 467 g/mol. The van der Waals surface area contributed by atoms with E-state index in [9.17, 15) is 18.0 Å². The van der Waals surface area contributed by atoms with Gasteiger partial charge in [-0.2, -0.15) is 4.99 Å². The van der Waals surface area contributed by atoms with Crippen molar-refractivity contribution in [1.29, 1.82) is 0 Å². The van der Waals surface area contributed by atoms with Crippen molar-refractivity contribution in [2.24, 2.45) is 4.99 Å². The summed E-state index contributed by atoms with van der Waals surface area (Å²) < 4.78 is 29.6. The largest absolute Gasteiger partial charge is 0.444 e. The predicted octanol–water partition coefficient (Wildman–Crippen LogP) is 2.82. The second kappa shape index (κ2) is 8.82. The Kier molecular flexibility index (Phi) is 6.71. The van der Waals surface area contributed by atoms with Crippen LogP contribution in [0.15, 0.2) is 23.2 Å². The highest BCUT2D eigenvalue weighted by Crippen LogP contribution is 2.43. The molecule has 0 aliphatic carbocycles. The van der Waals surface area contributed by atoms with E-state index < -0.39 is 21.5 Å². The fourth-order valence-electron chi connectivity index (χ4n) is 3.76. The van der Waals surface area contributed by atoms with Crippen LogP contribution < -0.4 is 10.2 Å². The molecule has 0 aromatic heterocycles. The molecule has 0 unspecified atom stereocenters. The van der Waals surface area contributed by atoms with Crippen LogP contribution >= 0.6 is 11.8 Å². The number of benzene rings is 1. The smallest absolute Gasteiger partial charge is 0.407 e. The molecule has 2 atom stereocenters. The lowest BCUT2D eigenvalue weighted by molar-refractivity contribution is -0.117. The number of amides is 2. The molecular weight excluding hydrogens is 438 g/mol. The van der Waals surface area contributed by atoms with Crippen molar-refractivity contribution >= 4 is 44.5 Å². The second-order valence-electron chi connectivity index (χ2n) is 8.88. The van der Waals surface area contributed by atoms with Gasteiger partial charge in [0.25, 0.3) is 0 Å². The molecule has 2 aliphatic heterocycles. The summed E-state index contributed by atoms with van der Waals surface area (Å²) in [6.07, 6.45) is -0.558. The van der Waals surface area contributed by atoms with Crippen LogP contribution in [0.4, 0.5) is 10.5 Å². The molecule has 1 aromatic carbocycles. The van der Waals surface area contributed by atoms with Gasteiger partial charge < -0.3 is 15.0 Å². The molecule has 2 saturated heterocycles. The van der Waals surface area contributed by atoms with E-state index in [1.54, 1.807) is 20.8 Å². The average Bonchev–Trinajstić information content (AvgIpc) is 3.05. The van der Waals surface area contributed by atoms with Crippen molar-refractivity contribution in [3.05, 3.63) is 29.3 Å². The summed E-state index contributed by atoms with van der Waals surface area (Å²) in [7, 11) is -3.13. The first-order chi connectivity index (χ1) is 14.4. The van der Waals surface area contributed by atoms with Gasteiger partial charge in [-0.05, 0) is 45.7 Å². The Morgan fingerprint density at radius 3 is 2.48 bits per heavy atom. The van der Waals surface area contributed by atoms with E-state index in [1.807, 2.05) is 36.9 Å². The number of anilines is 1. The van der Waals surface area contributed by atoms with Crippen molar-refractivity contribution in [3.8, 4) is 0 Å². The minimum absolute atomic E-state index is 0.0253. The van der Waals surface area contributed by atoms with Crippen molar-refractivity contribution in [2.75, 3.05) is 23.0 Å². The number of hydrogen-bond acceptors (Lipinski definition) is 6. The number of carbonyl (C=O) groups excluding carboxylic acids is 2. The van der Waals surface area contributed by atoms with Gasteiger partial charge in [0, 0.05) is 23.9 Å². The topological polar surface area (TPSA) is 105 Å². The Morgan fingerprint density at radius 1 is 1.23 bits per heavy atom. The van der Waals surface area contributed by atoms with Gasteiger partial charge in [0.2, 0.25) is 5.91 Å². The van der Waals surface area contributed by atoms with Crippen molar-refractivity contribution in [3.63, 3.8) is 0 Å². The van der Waals surface area contributed by atoms with Crippen LogP contribution in [0, 0.1) is 13.8 Å². The Bertz CT molecular complexity index is 994. The number of amidine groups is 1. The highest BCUT2D eigenvalue weighted by atomic mass is 32.2. The van der Waals surface area contributed by atoms with Gasteiger partial charge in [0.1, 0.15) is 5.60 Å². The Balaban J connectivity index is 1.77. The lowest BCUT2D eigenvalue weighted by Gasteiger charge is -2.28. The third kappa shape index (κ3) is 5.79. The number of aryl methyl sites for hydroxylation is 2. The van der Waals surface area contributed by atoms with E-state index in [2.05, 4.69) is 10.3 Å². The summed E-state index contributed by atoms with van der Waals surface area (Å²) in [5.74, 6) is -0.249. The van der Waals surface area contributed by atoms with E-state index in [0.717, 1.165) is 16.8 Å². The standard InChI is InChI=1S/C21H29N3O5S2/c1-13-7-6-8-14(2)18(13)24-15-11-31(27,28)12-16(15)30-19(24)23-17(25)9-10-22-20(26)29-21(3,4)5/h6-8,15-16H,9-12H2,1-5H3,(H,22,26)/t15-,16-/m0/s1. The number of thioether (sulfide) groups is 1. The first-order valence-electron chi connectivity index (χ1n) is 10.2. The molecule has 3 rings (SSSR count). The number of rotatable bonds is 4. The van der Waals surface area contributed by atoms with Crippen LogP contribution in [0.3, 0.4) is 0 Å². The van der Waals surface area contributed by atoms with Gasteiger partial charge >= 0.3 is 6.09 Å². The Labute approximate surface area is 187 Å². The number of ether oxygens (including phenoxy) is 1. The average molecular weight is 468 g/mol. The zero-order valence-corrected chi connectivity index (χ0v) is 20.1. The third-order valence-electron chi connectivity index (χ3n) is 4.97. The number of nitrogens with one attached hydrogen (secondary N) is 1. The normalized spacial score (nSPS) is 23.6. The van der Waals surface area contributed by atoms with Gasteiger partial charge in [-0.15, -0.1) is 0 Å². The van der Waals surface area contributed by atoms with Gasteiger partial charge in [0.05, 0.1) is 17.5 Å². The molecule has 2 amide bonds. The number of para-hydroxylation sites is 1. The molecule has 10 heteroatoms. The van der Waals surface area contributed by atoms with Crippen LogP contribution in [0.5, 0.6) is 0 Å². The Morgan fingerprint density at radius 2 is 1.87 bits per heavy atom. The number of aliphatic imine (C=N–C) groups is 1. The van der Waals surface area contributed by atoms with Crippen LogP contribution in [-0.4, -0.2) is 60.5 Å². The number of sulfone groups is 1. The molecule has 2 fully saturated rings. The first kappa shape index (κ1) is 23.6. The van der Waals surface area contributed by atoms with E-state index in [4.69, 9.17) is 4.74 Å². The van der Waals surface area contributed by atoms with Gasteiger partial charge in [-0.1, -0.05) is 30.0 Å². The maximum atomic E-state index is 12.5. The van der Waals surface area contributed by atoms with Crippen molar-refractivity contribution < 1.29 is 22.7 Å². The Hall–Kier alpha value is -2.07. The maximum Gasteiger partial charge on any atom is 0.407 e. The molecule has 0 spiro atoms. The number of nitrogens with zero attached hydrogens (tertiary/aromatic N) is 2. The summed E-state index contributed by atoms with van der Waals surface area (Å²) in [6.45, 7) is 9.34. The molecule has 2 heterocycles. The third-order valence-corrected chi connectivity index (χ3v) is 8.18. The molecule has 0 saturated carbocycles. The van der Waals surface area contributed by atoms with Crippen LogP contribution in [0.2, 0.25) is 0 Å². The molecule has 0 radical (unpaired) electrons. The van der Waals surface area contributed by atoms with Crippen LogP contribution in [0.25, 0.3) is 0 Å². The molecule has 0 bridgehead atoms. The summed E-state index contributed by atoms with van der Waals surface area (Å²) in [5.41, 5.74) is 2.28. The number of hydrogen-bond donors (Lipinski definition) is 1. The fraction of sp³-hybridized carbons (Fsp3) is 0.571. The van der Waals surface area contributed by atoms with Crippen molar-refractivity contribution in [1.82, 2.24) is 5.32 Å². The number of carbonyl (C=O) groups is 2. The second-order valence-corrected chi connectivity index (χ2v) is 12.2. The van der Waals surface area contributed by atoms with E-state index in [0.29, 0.717) is 5.17 Å². The fourth-order valence-corrected chi connectivity index (χ4v) is 7.68. The quantitative estimate of drug-likeness (QED) is 0.726. The van der Waals surface area contributed by atoms with Gasteiger partial charge in [0.15, 0.2) is 15.0 Å². The molecule has 1 aromatic rings. The number of alkyl carbamates (subject to hydrolysis) is 1. The highest BCUT2D eigenvalue weighted by molar-refractivity contribution is 8.16. The first-order valence-corrected chi connectivity index (χ1v) is 12.9. The zero-order valence-electron chi connectivity index (χ0n) is 18.5. The van der Waals surface area contributed by atoms with Crippen LogP contribution in [0.1, 0.15) is 38.3 Å². The molecule has 1 N–H and O–H groups in total. The zero-order chi connectivity index (χ0) is 23.0. The van der Waals surface area contributed by atoms with E-state index in [-0.39, 0.29) is 41.7 Å². The molecule has 170 valence electrons. The van der Waals surface area contributed by atoms with Gasteiger partial charge in [-0.3, -0.25) is 4.79 Å². The van der Waals surface area contributed by atoms with Crippen LogP contribution in [-0.2, 0) is 19.4 Å². The summed E-state index contributed by atoms with van der Waals surface area (Å²) in [5, 5.41) is 2.92. The highest BCUT2D eigenvalue weighted by Gasteiger charge is 2.49. The summed E-state index contributed by atoms with van der Waals surface area (Å²) in [4.78, 5) is 30.5. The predicted molar refractivity (Wildman–Crippen MR) is 124 cm³/mol. The molecule has 2 aliphatic rings. The van der Waals surface area contributed by atoms with E-state index in [1.165, 1.54) is 11.8 Å². The lowest BCUT2D eigenvalue weighted by Crippen LogP contribution is -2.38. The molecule has 31 heavy (non-hydrogen) atoms. The minimum Gasteiger partial charge on any atom is -0.444 e. The minimum atomic E-state index is -3.13. The van der Waals surface area contributed by atoms with Crippen molar-refractivity contribution in [2.45, 2.75) is 57.9 Å². The summed E-state index contributed by atoms with van der Waals surface area (Å²) in [6, 6.07) is 5.63. The number of fused-ring (bicyclic) bond motifs is 1. The van der Waals surface area contributed by atoms with Gasteiger partial charge in [-0.25, -0.2) is 13.2 Å². The molecular formula is C21H29N3O5S2. The maximum absolute atomic E-state index is 12.5. The summed E-state index contributed by atoms with van der Waals surface area (Å²) >= 11 is 1.34. The lowest BCUT2D eigenvalue weighted by atomic mass is 10.1. The van der Waals surface area contributed by atoms with E-state index >= 15 is 0 Å². The SMILES string of the molecule is Cc1cccc(C)c1N1C(=NC(=O)CCNC(=O)OC(C)(C)C)S[C@H]2CS(=O)(=O)C[C@@H]21. The molecule has 8 nitrogen and oxygen atoms in total.